The van der Waals surface area contributed by atoms with Gasteiger partial charge in [-0.2, -0.15) is 0 Å². The van der Waals surface area contributed by atoms with Gasteiger partial charge in [-0.25, -0.2) is 18.2 Å². The van der Waals surface area contributed by atoms with E-state index in [1.165, 1.54) is 0 Å². The van der Waals surface area contributed by atoms with E-state index in [9.17, 15) is 18.0 Å². The van der Waals surface area contributed by atoms with Crippen molar-refractivity contribution < 1.29 is 23.1 Å². The molecule has 7 nitrogen and oxygen atoms in total. The maximum absolute atomic E-state index is 11.4. The number of thiazole rings is 1. The summed E-state index contributed by atoms with van der Waals surface area (Å²) in [6, 6.07) is 0. The highest BCUT2D eigenvalue weighted by molar-refractivity contribution is 7.90. The van der Waals surface area contributed by atoms with Crippen molar-refractivity contribution in [2.45, 2.75) is 19.9 Å². The second-order valence-corrected chi connectivity index (χ2v) is 7.33. The number of rotatable bonds is 6. The largest absolute Gasteiger partial charge is 0.477 e. The Morgan fingerprint density at radius 3 is 2.53 bits per heavy atom. The summed E-state index contributed by atoms with van der Waals surface area (Å²) in [6.07, 6.45) is 0.943. The minimum absolute atomic E-state index is 0.0986. The minimum atomic E-state index is -3.17. The van der Waals surface area contributed by atoms with E-state index in [0.29, 0.717) is 10.7 Å². The number of hydrogen-bond acceptors (Lipinski definition) is 6. The molecular formula is C10H14N2O5S2. The number of sulfone groups is 1. The Hall–Kier alpha value is -1.48. The molecule has 1 aromatic heterocycles. The van der Waals surface area contributed by atoms with Crippen molar-refractivity contribution in [3.63, 3.8) is 0 Å². The van der Waals surface area contributed by atoms with Crippen LogP contribution in [0.25, 0.3) is 0 Å². The van der Waals surface area contributed by atoms with Crippen LogP contribution in [0.3, 0.4) is 0 Å². The van der Waals surface area contributed by atoms with Crippen LogP contribution < -0.4 is 5.32 Å². The van der Waals surface area contributed by atoms with Gasteiger partial charge in [-0.1, -0.05) is 0 Å². The molecule has 1 amide bonds. The topological polar surface area (TPSA) is 113 Å². The second kappa shape index (κ2) is 6.11. The summed E-state index contributed by atoms with van der Waals surface area (Å²) < 4.78 is 21.8. The van der Waals surface area contributed by atoms with E-state index in [1.54, 1.807) is 6.92 Å². The number of aromatic carboxylic acids is 1. The SMILES string of the molecule is Cc1nc(CNC(=O)CCS(C)(=O)=O)sc1C(=O)O. The molecule has 0 bridgehead atoms. The van der Waals surface area contributed by atoms with E-state index < -0.39 is 21.7 Å². The first-order valence-electron chi connectivity index (χ1n) is 5.33. The molecule has 0 saturated carbocycles. The maximum atomic E-state index is 11.4. The summed E-state index contributed by atoms with van der Waals surface area (Å²) in [6.45, 7) is 1.68. The number of amides is 1. The van der Waals surface area contributed by atoms with Crippen LogP contribution in [0.1, 0.15) is 26.8 Å². The fraction of sp³-hybridized carbons (Fsp3) is 0.500. The molecule has 106 valence electrons. The van der Waals surface area contributed by atoms with Crippen molar-refractivity contribution in [1.29, 1.82) is 0 Å². The standard InChI is InChI=1S/C10H14N2O5S2/c1-6-9(10(14)15)18-8(12-6)5-11-7(13)3-4-19(2,16)17/h3-5H2,1-2H3,(H,11,13)(H,14,15). The van der Waals surface area contributed by atoms with Gasteiger partial charge in [0.25, 0.3) is 0 Å². The Kier molecular flexibility index (Phi) is 5.01. The van der Waals surface area contributed by atoms with E-state index in [2.05, 4.69) is 10.3 Å². The van der Waals surface area contributed by atoms with Crippen LogP contribution in [0.5, 0.6) is 0 Å². The zero-order chi connectivity index (χ0) is 14.6. The third kappa shape index (κ3) is 5.35. The molecule has 0 fully saturated rings. The van der Waals surface area contributed by atoms with Gasteiger partial charge < -0.3 is 10.4 Å². The maximum Gasteiger partial charge on any atom is 0.347 e. The Balaban J connectivity index is 2.51. The number of hydrogen-bond donors (Lipinski definition) is 2. The summed E-state index contributed by atoms with van der Waals surface area (Å²) in [5.41, 5.74) is 0.401. The third-order valence-electron chi connectivity index (χ3n) is 2.17. The van der Waals surface area contributed by atoms with Crippen molar-refractivity contribution >= 4 is 33.1 Å². The highest BCUT2D eigenvalue weighted by Gasteiger charge is 2.14. The van der Waals surface area contributed by atoms with Crippen molar-refractivity contribution in [1.82, 2.24) is 10.3 Å². The van der Waals surface area contributed by atoms with Gasteiger partial charge in [0, 0.05) is 12.7 Å². The number of carboxylic acids is 1. The molecular weight excluding hydrogens is 292 g/mol. The lowest BCUT2D eigenvalue weighted by atomic mass is 10.4. The summed E-state index contributed by atoms with van der Waals surface area (Å²) in [5.74, 6) is -1.67. The van der Waals surface area contributed by atoms with Crippen LogP contribution in [0.4, 0.5) is 0 Å². The normalized spacial score (nSPS) is 11.3. The van der Waals surface area contributed by atoms with Gasteiger partial charge in [0.05, 0.1) is 18.0 Å². The van der Waals surface area contributed by atoms with Gasteiger partial charge >= 0.3 is 5.97 Å². The van der Waals surface area contributed by atoms with E-state index in [4.69, 9.17) is 5.11 Å². The number of carbonyl (C=O) groups excluding carboxylic acids is 1. The third-order valence-corrected chi connectivity index (χ3v) is 4.26. The van der Waals surface area contributed by atoms with Gasteiger partial charge in [-0.15, -0.1) is 11.3 Å². The molecule has 1 rings (SSSR count). The predicted molar refractivity (Wildman–Crippen MR) is 70.0 cm³/mol. The zero-order valence-electron chi connectivity index (χ0n) is 10.5. The lowest BCUT2D eigenvalue weighted by molar-refractivity contribution is -0.120. The molecule has 0 unspecified atom stereocenters. The fourth-order valence-corrected chi connectivity index (χ4v) is 2.67. The van der Waals surface area contributed by atoms with Gasteiger partial charge in [-0.3, -0.25) is 4.79 Å². The first kappa shape index (κ1) is 15.6. The number of aromatic nitrogens is 1. The molecule has 0 radical (unpaired) electrons. The van der Waals surface area contributed by atoms with E-state index >= 15 is 0 Å². The van der Waals surface area contributed by atoms with Crippen molar-refractivity contribution in [2.24, 2.45) is 0 Å². The Bertz CT molecular complexity index is 591. The molecule has 0 saturated heterocycles. The Morgan fingerprint density at radius 1 is 1.42 bits per heavy atom. The molecule has 19 heavy (non-hydrogen) atoms. The van der Waals surface area contributed by atoms with Crippen LogP contribution in [-0.2, 0) is 21.2 Å². The van der Waals surface area contributed by atoms with Crippen molar-refractivity contribution in [2.75, 3.05) is 12.0 Å². The van der Waals surface area contributed by atoms with E-state index in [1.807, 2.05) is 0 Å². The minimum Gasteiger partial charge on any atom is -0.477 e. The zero-order valence-corrected chi connectivity index (χ0v) is 12.1. The average molecular weight is 306 g/mol. The number of nitrogens with zero attached hydrogens (tertiary/aromatic N) is 1. The first-order chi connectivity index (χ1) is 8.69. The van der Waals surface area contributed by atoms with Crippen LogP contribution in [0.15, 0.2) is 0 Å². The van der Waals surface area contributed by atoms with Crippen LogP contribution in [0, 0.1) is 6.92 Å². The average Bonchev–Trinajstić information content (AvgIpc) is 2.64. The fourth-order valence-electron chi connectivity index (χ4n) is 1.27. The molecule has 0 aromatic carbocycles. The van der Waals surface area contributed by atoms with Crippen molar-refractivity contribution in [3.05, 3.63) is 15.6 Å². The highest BCUT2D eigenvalue weighted by Crippen LogP contribution is 2.17. The van der Waals surface area contributed by atoms with E-state index in [0.717, 1.165) is 17.6 Å². The summed E-state index contributed by atoms with van der Waals surface area (Å²) in [7, 11) is -3.17. The van der Waals surface area contributed by atoms with Gasteiger partial charge in [-0.05, 0) is 6.92 Å². The molecule has 2 N–H and O–H groups in total. The molecule has 1 heterocycles. The molecule has 1 aromatic rings. The molecule has 0 aliphatic carbocycles. The Morgan fingerprint density at radius 2 is 2.05 bits per heavy atom. The summed E-state index contributed by atoms with van der Waals surface area (Å²) in [5, 5.41) is 11.8. The Labute approximate surface area is 114 Å². The quantitative estimate of drug-likeness (QED) is 0.776. The van der Waals surface area contributed by atoms with E-state index in [-0.39, 0.29) is 23.6 Å². The van der Waals surface area contributed by atoms with Gasteiger partial charge in [0.2, 0.25) is 5.91 Å². The predicted octanol–water partition coefficient (Wildman–Crippen LogP) is 0.201. The van der Waals surface area contributed by atoms with Crippen LogP contribution in [0.2, 0.25) is 0 Å². The highest BCUT2D eigenvalue weighted by atomic mass is 32.2. The second-order valence-electron chi connectivity index (χ2n) is 3.98. The molecule has 0 spiro atoms. The van der Waals surface area contributed by atoms with Crippen molar-refractivity contribution in [3.8, 4) is 0 Å². The number of aryl methyl sites for hydroxylation is 1. The molecule has 9 heteroatoms. The number of nitrogens with one attached hydrogen (secondary N) is 1. The summed E-state index contributed by atoms with van der Waals surface area (Å²) in [4.78, 5) is 26.3. The summed E-state index contributed by atoms with van der Waals surface area (Å²) >= 11 is 0.990. The number of carbonyl (C=O) groups is 2. The molecule has 0 aliphatic heterocycles. The lowest BCUT2D eigenvalue weighted by Crippen LogP contribution is -2.24. The lowest BCUT2D eigenvalue weighted by Gasteiger charge is -2.01. The van der Waals surface area contributed by atoms with Gasteiger partial charge in [0.1, 0.15) is 19.7 Å². The van der Waals surface area contributed by atoms with Crippen LogP contribution in [-0.4, -0.2) is 42.4 Å². The monoisotopic (exact) mass is 306 g/mol. The smallest absolute Gasteiger partial charge is 0.347 e. The molecule has 0 aliphatic rings. The molecule has 0 atom stereocenters. The van der Waals surface area contributed by atoms with Crippen LogP contribution >= 0.6 is 11.3 Å². The number of carboxylic acid groups (broad SMARTS) is 1. The first-order valence-corrected chi connectivity index (χ1v) is 8.21. The van der Waals surface area contributed by atoms with Gasteiger partial charge in [0.15, 0.2) is 0 Å².